The summed E-state index contributed by atoms with van der Waals surface area (Å²) in [5.74, 6) is 0.839. The zero-order valence-electron chi connectivity index (χ0n) is 14.2. The molecule has 130 valence electrons. The van der Waals surface area contributed by atoms with Gasteiger partial charge in [0.25, 0.3) is 0 Å². The van der Waals surface area contributed by atoms with Gasteiger partial charge in [0.15, 0.2) is 0 Å². The highest BCUT2D eigenvalue weighted by Crippen LogP contribution is 2.31. The number of carbonyl (C=O) groups is 2. The molecule has 1 aliphatic carbocycles. The predicted octanol–water partition coefficient (Wildman–Crippen LogP) is 0.426. The van der Waals surface area contributed by atoms with E-state index in [0.717, 1.165) is 65.0 Å². The Morgan fingerprint density at radius 2 is 1.17 bits per heavy atom. The first-order chi connectivity index (χ1) is 11.1. The molecule has 0 aromatic heterocycles. The van der Waals surface area contributed by atoms with Gasteiger partial charge in [-0.25, -0.2) is 0 Å². The highest BCUT2D eigenvalue weighted by Gasteiger charge is 2.34. The van der Waals surface area contributed by atoms with E-state index in [2.05, 4.69) is 11.9 Å². The summed E-state index contributed by atoms with van der Waals surface area (Å²) in [7, 11) is 2.10. The molecule has 1 saturated carbocycles. The van der Waals surface area contributed by atoms with Crippen LogP contribution in [0.3, 0.4) is 0 Å². The molecule has 0 radical (unpaired) electrons. The number of morpholine rings is 1. The largest absolute Gasteiger partial charge is 0.378 e. The van der Waals surface area contributed by atoms with E-state index in [4.69, 9.17) is 4.74 Å². The van der Waals surface area contributed by atoms with Crippen LogP contribution in [0.2, 0.25) is 0 Å². The molecule has 2 heterocycles. The van der Waals surface area contributed by atoms with Crippen molar-refractivity contribution >= 4 is 11.8 Å². The van der Waals surface area contributed by atoms with Crippen molar-refractivity contribution in [2.75, 3.05) is 59.5 Å². The Morgan fingerprint density at radius 3 is 1.65 bits per heavy atom. The second-order valence-electron chi connectivity index (χ2n) is 7.11. The van der Waals surface area contributed by atoms with Gasteiger partial charge < -0.3 is 19.4 Å². The van der Waals surface area contributed by atoms with Crippen LogP contribution in [0.4, 0.5) is 0 Å². The second kappa shape index (κ2) is 7.62. The van der Waals surface area contributed by atoms with Gasteiger partial charge in [-0.2, -0.15) is 0 Å². The molecule has 2 saturated heterocycles. The summed E-state index contributed by atoms with van der Waals surface area (Å²) in [4.78, 5) is 31.4. The Labute approximate surface area is 138 Å². The SMILES string of the molecule is CN1CCN(C(=O)C2CCC(C(=O)N3CCOCC3)CC2)CC1. The molecule has 0 unspecified atom stereocenters. The summed E-state index contributed by atoms with van der Waals surface area (Å²) in [6.45, 7) is 6.39. The lowest BCUT2D eigenvalue weighted by Gasteiger charge is -2.37. The summed E-state index contributed by atoms with van der Waals surface area (Å²) in [5.41, 5.74) is 0. The fraction of sp³-hybridized carbons (Fsp3) is 0.882. The van der Waals surface area contributed by atoms with Crippen LogP contribution >= 0.6 is 0 Å². The Morgan fingerprint density at radius 1 is 0.739 bits per heavy atom. The normalized spacial score (nSPS) is 30.3. The number of carbonyl (C=O) groups excluding carboxylic acids is 2. The number of nitrogens with zero attached hydrogens (tertiary/aromatic N) is 3. The molecule has 23 heavy (non-hydrogen) atoms. The maximum atomic E-state index is 12.6. The number of rotatable bonds is 2. The zero-order chi connectivity index (χ0) is 16.2. The fourth-order valence-electron chi connectivity index (χ4n) is 3.91. The molecule has 3 aliphatic rings. The van der Waals surface area contributed by atoms with E-state index in [1.807, 2.05) is 9.80 Å². The first-order valence-electron chi connectivity index (χ1n) is 8.99. The Balaban J connectivity index is 1.46. The first kappa shape index (κ1) is 16.7. The third-order valence-electron chi connectivity index (χ3n) is 5.56. The van der Waals surface area contributed by atoms with E-state index in [1.165, 1.54) is 0 Å². The molecular weight excluding hydrogens is 294 g/mol. The summed E-state index contributed by atoms with van der Waals surface area (Å²) in [6.07, 6.45) is 3.46. The third-order valence-corrected chi connectivity index (χ3v) is 5.56. The topological polar surface area (TPSA) is 53.1 Å². The van der Waals surface area contributed by atoms with Crippen LogP contribution in [0.5, 0.6) is 0 Å². The molecule has 0 spiro atoms. The molecular formula is C17H29N3O3. The van der Waals surface area contributed by atoms with Crippen molar-refractivity contribution in [3.8, 4) is 0 Å². The van der Waals surface area contributed by atoms with Gasteiger partial charge in [0.2, 0.25) is 11.8 Å². The maximum Gasteiger partial charge on any atom is 0.225 e. The van der Waals surface area contributed by atoms with Crippen molar-refractivity contribution < 1.29 is 14.3 Å². The average Bonchev–Trinajstić information content (AvgIpc) is 2.62. The summed E-state index contributed by atoms with van der Waals surface area (Å²) >= 11 is 0. The van der Waals surface area contributed by atoms with Crippen LogP contribution in [0.25, 0.3) is 0 Å². The van der Waals surface area contributed by atoms with Crippen molar-refractivity contribution in [2.45, 2.75) is 25.7 Å². The monoisotopic (exact) mass is 323 g/mol. The minimum Gasteiger partial charge on any atom is -0.378 e. The molecule has 3 fully saturated rings. The molecule has 0 aromatic carbocycles. The Hall–Kier alpha value is -1.14. The molecule has 6 nitrogen and oxygen atoms in total. The third kappa shape index (κ3) is 4.04. The van der Waals surface area contributed by atoms with Crippen LogP contribution in [-0.4, -0.2) is 86.0 Å². The maximum absolute atomic E-state index is 12.6. The van der Waals surface area contributed by atoms with Gasteiger partial charge in [0.1, 0.15) is 0 Å². The Kier molecular flexibility index (Phi) is 5.54. The van der Waals surface area contributed by atoms with Crippen LogP contribution in [-0.2, 0) is 14.3 Å². The lowest BCUT2D eigenvalue weighted by molar-refractivity contribution is -0.144. The van der Waals surface area contributed by atoms with Crippen LogP contribution in [0.15, 0.2) is 0 Å². The number of ether oxygens (including phenoxy) is 1. The minimum atomic E-state index is 0.115. The van der Waals surface area contributed by atoms with E-state index in [9.17, 15) is 9.59 Å². The summed E-state index contributed by atoms with van der Waals surface area (Å²) < 4.78 is 5.31. The standard InChI is InChI=1S/C17H29N3O3/c1-18-6-8-19(9-7-18)16(21)14-2-4-15(5-3-14)17(22)20-10-12-23-13-11-20/h14-15H,2-13H2,1H3. The van der Waals surface area contributed by atoms with Crippen molar-refractivity contribution in [2.24, 2.45) is 11.8 Å². The van der Waals surface area contributed by atoms with Gasteiger partial charge in [-0.05, 0) is 32.7 Å². The molecule has 3 rings (SSSR count). The predicted molar refractivity (Wildman–Crippen MR) is 86.9 cm³/mol. The van der Waals surface area contributed by atoms with Gasteiger partial charge in [0.05, 0.1) is 13.2 Å². The lowest BCUT2D eigenvalue weighted by atomic mass is 9.80. The van der Waals surface area contributed by atoms with Crippen molar-refractivity contribution in [3.63, 3.8) is 0 Å². The van der Waals surface area contributed by atoms with Gasteiger partial charge >= 0.3 is 0 Å². The van der Waals surface area contributed by atoms with Crippen molar-refractivity contribution in [1.82, 2.24) is 14.7 Å². The minimum absolute atomic E-state index is 0.115. The lowest BCUT2D eigenvalue weighted by Crippen LogP contribution is -2.50. The highest BCUT2D eigenvalue weighted by atomic mass is 16.5. The summed E-state index contributed by atoms with van der Waals surface area (Å²) in [5, 5.41) is 0. The number of hydrogen-bond acceptors (Lipinski definition) is 4. The Bertz CT molecular complexity index is 421. The molecule has 6 heteroatoms. The van der Waals surface area contributed by atoms with E-state index in [-0.39, 0.29) is 17.7 Å². The highest BCUT2D eigenvalue weighted by molar-refractivity contribution is 5.81. The van der Waals surface area contributed by atoms with Gasteiger partial charge in [-0.1, -0.05) is 0 Å². The van der Waals surface area contributed by atoms with Gasteiger partial charge in [-0.3, -0.25) is 9.59 Å². The van der Waals surface area contributed by atoms with E-state index in [0.29, 0.717) is 19.1 Å². The van der Waals surface area contributed by atoms with Gasteiger partial charge in [0, 0.05) is 51.1 Å². The molecule has 0 N–H and O–H groups in total. The molecule has 0 bridgehead atoms. The average molecular weight is 323 g/mol. The molecule has 0 atom stereocenters. The first-order valence-corrected chi connectivity index (χ1v) is 8.99. The molecule has 0 aromatic rings. The second-order valence-corrected chi connectivity index (χ2v) is 7.11. The van der Waals surface area contributed by atoms with Crippen molar-refractivity contribution in [1.29, 1.82) is 0 Å². The van der Waals surface area contributed by atoms with Crippen LogP contribution in [0, 0.1) is 11.8 Å². The number of amides is 2. The molecule has 2 aliphatic heterocycles. The van der Waals surface area contributed by atoms with E-state index < -0.39 is 0 Å². The van der Waals surface area contributed by atoms with Gasteiger partial charge in [-0.15, -0.1) is 0 Å². The van der Waals surface area contributed by atoms with Crippen LogP contribution in [0.1, 0.15) is 25.7 Å². The quantitative estimate of drug-likeness (QED) is 0.739. The fourth-order valence-corrected chi connectivity index (χ4v) is 3.91. The number of likely N-dealkylation sites (N-methyl/N-ethyl adjacent to an activating group) is 1. The van der Waals surface area contributed by atoms with E-state index >= 15 is 0 Å². The van der Waals surface area contributed by atoms with Crippen LogP contribution < -0.4 is 0 Å². The molecule has 2 amide bonds. The van der Waals surface area contributed by atoms with Crippen molar-refractivity contribution in [3.05, 3.63) is 0 Å². The number of piperazine rings is 1. The van der Waals surface area contributed by atoms with E-state index in [1.54, 1.807) is 0 Å². The summed E-state index contributed by atoms with van der Waals surface area (Å²) in [6, 6.07) is 0. The smallest absolute Gasteiger partial charge is 0.225 e. The number of hydrogen-bond donors (Lipinski definition) is 0. The zero-order valence-corrected chi connectivity index (χ0v) is 14.2.